The van der Waals surface area contributed by atoms with Crippen LogP contribution in [0.25, 0.3) is 0 Å². The molecule has 2 saturated carbocycles. The fourth-order valence-corrected chi connectivity index (χ4v) is 3.92. The van der Waals surface area contributed by atoms with Gasteiger partial charge in [0.25, 0.3) is 0 Å². The molecule has 0 aromatic heterocycles. The predicted octanol–water partition coefficient (Wildman–Crippen LogP) is 2.01. The molecule has 0 aromatic carbocycles. The highest BCUT2D eigenvalue weighted by Gasteiger charge is 2.58. The van der Waals surface area contributed by atoms with E-state index < -0.39 is 0 Å². The van der Waals surface area contributed by atoms with Crippen LogP contribution >= 0.6 is 0 Å². The summed E-state index contributed by atoms with van der Waals surface area (Å²) in [6, 6.07) is 0.331. The van der Waals surface area contributed by atoms with E-state index in [0.717, 1.165) is 13.0 Å². The summed E-state index contributed by atoms with van der Waals surface area (Å²) in [6.07, 6.45) is 6.23. The second kappa shape index (κ2) is 6.76. The molecule has 2 amide bonds. The van der Waals surface area contributed by atoms with Crippen molar-refractivity contribution in [1.82, 2.24) is 10.2 Å². The molecule has 116 valence electrons. The minimum atomic E-state index is 0.00766. The first-order valence-corrected chi connectivity index (χ1v) is 7.77. The molecule has 1 N–H and O–H groups in total. The molecule has 20 heavy (non-hydrogen) atoms. The van der Waals surface area contributed by atoms with E-state index in [1.807, 2.05) is 11.9 Å². The maximum Gasteiger partial charge on any atom is 0.317 e. The normalized spacial score (nSPS) is 27.4. The van der Waals surface area contributed by atoms with Gasteiger partial charge in [0.05, 0.1) is 12.7 Å². The fourth-order valence-electron chi connectivity index (χ4n) is 3.92. The van der Waals surface area contributed by atoms with Crippen LogP contribution in [0.15, 0.2) is 0 Å². The molecule has 2 rings (SSSR count). The standard InChI is InChI=1S/C15H28N2O3/c1-4-20-13-11-12(15(13)7-5-6-8-15)17(2)14(18)16-9-10-19-3/h12-13H,4-11H2,1-3H3,(H,16,18)/t12-,13+/m1/s1. The van der Waals surface area contributed by atoms with E-state index in [0.29, 0.717) is 25.3 Å². The van der Waals surface area contributed by atoms with E-state index in [9.17, 15) is 4.79 Å². The molecule has 0 bridgehead atoms. The van der Waals surface area contributed by atoms with Crippen LogP contribution in [0.5, 0.6) is 0 Å². The number of carbonyl (C=O) groups is 1. The molecule has 5 heteroatoms. The van der Waals surface area contributed by atoms with Crippen LogP contribution in [-0.2, 0) is 9.47 Å². The molecule has 0 saturated heterocycles. The molecule has 5 nitrogen and oxygen atoms in total. The molecular weight excluding hydrogens is 256 g/mol. The fraction of sp³-hybridized carbons (Fsp3) is 0.933. The van der Waals surface area contributed by atoms with Crippen molar-refractivity contribution < 1.29 is 14.3 Å². The van der Waals surface area contributed by atoms with Gasteiger partial charge in [-0.2, -0.15) is 0 Å². The van der Waals surface area contributed by atoms with Gasteiger partial charge < -0.3 is 19.7 Å². The summed E-state index contributed by atoms with van der Waals surface area (Å²) in [7, 11) is 3.55. The molecule has 2 fully saturated rings. The number of hydrogen-bond donors (Lipinski definition) is 1. The molecule has 2 aliphatic carbocycles. The summed E-state index contributed by atoms with van der Waals surface area (Å²) in [6.45, 7) is 3.94. The lowest BCUT2D eigenvalue weighted by Crippen LogP contribution is -2.65. The topological polar surface area (TPSA) is 50.8 Å². The first-order valence-electron chi connectivity index (χ1n) is 7.77. The lowest BCUT2D eigenvalue weighted by Gasteiger charge is -2.56. The summed E-state index contributed by atoms with van der Waals surface area (Å²) in [4.78, 5) is 14.1. The smallest absolute Gasteiger partial charge is 0.317 e. The quantitative estimate of drug-likeness (QED) is 0.759. The maximum absolute atomic E-state index is 12.2. The van der Waals surface area contributed by atoms with Crippen molar-refractivity contribution in [2.75, 3.05) is 33.9 Å². The molecule has 0 heterocycles. The zero-order chi connectivity index (χ0) is 14.6. The molecule has 2 atom stereocenters. The molecule has 1 spiro atoms. The van der Waals surface area contributed by atoms with Crippen molar-refractivity contribution in [3.8, 4) is 0 Å². The van der Waals surface area contributed by atoms with Gasteiger partial charge in [0.2, 0.25) is 0 Å². The van der Waals surface area contributed by atoms with Gasteiger partial charge in [0.1, 0.15) is 0 Å². The van der Waals surface area contributed by atoms with Gasteiger partial charge in [0.15, 0.2) is 0 Å². The zero-order valence-electron chi connectivity index (χ0n) is 13.0. The Kier molecular flexibility index (Phi) is 5.27. The highest BCUT2D eigenvalue weighted by molar-refractivity contribution is 5.74. The minimum Gasteiger partial charge on any atom is -0.383 e. The van der Waals surface area contributed by atoms with Crippen LogP contribution < -0.4 is 5.32 Å². The van der Waals surface area contributed by atoms with Gasteiger partial charge >= 0.3 is 6.03 Å². The van der Waals surface area contributed by atoms with Crippen LogP contribution in [0.1, 0.15) is 39.0 Å². The predicted molar refractivity (Wildman–Crippen MR) is 77.8 cm³/mol. The summed E-state index contributed by atoms with van der Waals surface area (Å²) in [5, 5.41) is 2.91. The van der Waals surface area contributed by atoms with Gasteiger partial charge in [-0.25, -0.2) is 4.79 Å². The molecular formula is C15H28N2O3. The average Bonchev–Trinajstić information content (AvgIpc) is 2.95. The van der Waals surface area contributed by atoms with Crippen LogP contribution in [-0.4, -0.2) is 57.0 Å². The number of amides is 2. The van der Waals surface area contributed by atoms with Crippen molar-refractivity contribution >= 4 is 6.03 Å². The number of nitrogens with zero attached hydrogens (tertiary/aromatic N) is 1. The van der Waals surface area contributed by atoms with Crippen LogP contribution in [0.4, 0.5) is 4.79 Å². The third kappa shape index (κ3) is 2.79. The van der Waals surface area contributed by atoms with Crippen molar-refractivity contribution in [3.05, 3.63) is 0 Å². The number of ether oxygens (including phenoxy) is 2. The van der Waals surface area contributed by atoms with Crippen molar-refractivity contribution in [2.24, 2.45) is 5.41 Å². The Hall–Kier alpha value is -0.810. The van der Waals surface area contributed by atoms with Crippen molar-refractivity contribution in [3.63, 3.8) is 0 Å². The number of carbonyl (C=O) groups excluding carboxylic acids is 1. The second-order valence-corrected chi connectivity index (χ2v) is 5.97. The Morgan fingerprint density at radius 3 is 2.70 bits per heavy atom. The first kappa shape index (κ1) is 15.6. The molecule has 2 aliphatic rings. The van der Waals surface area contributed by atoms with Crippen LogP contribution in [0.3, 0.4) is 0 Å². The Morgan fingerprint density at radius 2 is 2.10 bits per heavy atom. The number of rotatable bonds is 6. The Bertz CT molecular complexity index is 329. The van der Waals surface area contributed by atoms with Gasteiger partial charge in [0, 0.05) is 38.8 Å². The Morgan fingerprint density at radius 1 is 1.40 bits per heavy atom. The number of methoxy groups -OCH3 is 1. The van der Waals surface area contributed by atoms with E-state index >= 15 is 0 Å². The molecule has 0 aromatic rings. The maximum atomic E-state index is 12.2. The highest BCUT2D eigenvalue weighted by Crippen LogP contribution is 2.56. The van der Waals surface area contributed by atoms with Crippen molar-refractivity contribution in [1.29, 1.82) is 0 Å². The summed E-state index contributed by atoms with van der Waals surface area (Å²) >= 11 is 0. The summed E-state index contributed by atoms with van der Waals surface area (Å²) < 4.78 is 10.9. The third-order valence-electron chi connectivity index (χ3n) is 5.01. The largest absolute Gasteiger partial charge is 0.383 e. The average molecular weight is 284 g/mol. The SMILES string of the molecule is CCO[C@H]1C[C@@H](N(C)C(=O)NCCOC)C12CCCC2. The lowest BCUT2D eigenvalue weighted by atomic mass is 9.60. The number of urea groups is 1. The van der Waals surface area contributed by atoms with Gasteiger partial charge in [-0.05, 0) is 26.2 Å². The van der Waals surface area contributed by atoms with E-state index in [2.05, 4.69) is 12.2 Å². The van der Waals surface area contributed by atoms with Gasteiger partial charge in [-0.1, -0.05) is 12.8 Å². The van der Waals surface area contributed by atoms with E-state index in [1.54, 1.807) is 7.11 Å². The summed E-state index contributed by atoms with van der Waals surface area (Å²) in [5.41, 5.74) is 0.212. The zero-order valence-corrected chi connectivity index (χ0v) is 13.0. The van der Waals surface area contributed by atoms with E-state index in [4.69, 9.17) is 9.47 Å². The Balaban J connectivity index is 1.92. The van der Waals surface area contributed by atoms with E-state index in [-0.39, 0.29) is 11.4 Å². The first-order chi connectivity index (χ1) is 9.65. The monoisotopic (exact) mass is 284 g/mol. The molecule has 0 unspecified atom stereocenters. The van der Waals surface area contributed by atoms with Gasteiger partial charge in [-0.3, -0.25) is 0 Å². The summed E-state index contributed by atoms with van der Waals surface area (Å²) in [5.74, 6) is 0. The number of nitrogens with one attached hydrogen (secondary N) is 1. The Labute approximate surface area is 122 Å². The number of hydrogen-bond acceptors (Lipinski definition) is 3. The molecule has 0 radical (unpaired) electrons. The third-order valence-corrected chi connectivity index (χ3v) is 5.01. The van der Waals surface area contributed by atoms with E-state index in [1.165, 1.54) is 25.7 Å². The lowest BCUT2D eigenvalue weighted by molar-refractivity contribution is -0.151. The van der Waals surface area contributed by atoms with Crippen LogP contribution in [0.2, 0.25) is 0 Å². The van der Waals surface area contributed by atoms with Crippen molar-refractivity contribution in [2.45, 2.75) is 51.2 Å². The minimum absolute atomic E-state index is 0.00766. The molecule has 0 aliphatic heterocycles. The van der Waals surface area contributed by atoms with Gasteiger partial charge in [-0.15, -0.1) is 0 Å². The second-order valence-electron chi connectivity index (χ2n) is 5.97. The highest BCUT2D eigenvalue weighted by atomic mass is 16.5. The van der Waals surface area contributed by atoms with Crippen LogP contribution in [0, 0.1) is 5.41 Å².